The van der Waals surface area contributed by atoms with E-state index in [-0.39, 0.29) is 0 Å². The minimum Gasteiger partial charge on any atom is -0.303 e. The summed E-state index contributed by atoms with van der Waals surface area (Å²) < 4.78 is 0. The average molecular weight is 183 g/mol. The number of rotatable bonds is 4. The molecule has 0 amide bonds. The first-order valence-electron chi connectivity index (χ1n) is 6.05. The number of hydrogen-bond donors (Lipinski definition) is 0. The fourth-order valence-corrected chi connectivity index (χ4v) is 2.24. The first-order valence-corrected chi connectivity index (χ1v) is 6.05. The van der Waals surface area contributed by atoms with Crippen LogP contribution in [-0.4, -0.2) is 24.5 Å². The van der Waals surface area contributed by atoms with Crippen LogP contribution in [0, 0.1) is 5.92 Å². The van der Waals surface area contributed by atoms with Crippen molar-refractivity contribution in [3.63, 3.8) is 0 Å². The van der Waals surface area contributed by atoms with Gasteiger partial charge < -0.3 is 4.90 Å². The molecule has 1 nitrogen and oxygen atoms in total. The number of nitrogens with zero attached hydrogens (tertiary/aromatic N) is 1. The molecule has 0 saturated carbocycles. The second-order valence-electron chi connectivity index (χ2n) is 4.61. The van der Waals surface area contributed by atoms with Crippen molar-refractivity contribution in [2.75, 3.05) is 19.6 Å². The lowest BCUT2D eigenvalue weighted by atomic mass is 10.1. The first kappa shape index (κ1) is 11.0. The fourth-order valence-electron chi connectivity index (χ4n) is 2.24. The molecule has 1 fully saturated rings. The number of likely N-dealkylation sites (tertiary alicyclic amines) is 1. The molecule has 78 valence electrons. The van der Waals surface area contributed by atoms with Crippen LogP contribution in [0.2, 0.25) is 0 Å². The summed E-state index contributed by atoms with van der Waals surface area (Å²) in [5.41, 5.74) is 0. The minimum atomic E-state index is 0.934. The van der Waals surface area contributed by atoms with Crippen LogP contribution in [0.1, 0.15) is 52.4 Å². The van der Waals surface area contributed by atoms with Gasteiger partial charge in [0.25, 0.3) is 0 Å². The Morgan fingerprint density at radius 2 is 2.08 bits per heavy atom. The van der Waals surface area contributed by atoms with E-state index in [1.165, 1.54) is 58.2 Å². The highest BCUT2D eigenvalue weighted by molar-refractivity contribution is 4.67. The first-order chi connectivity index (χ1) is 6.33. The summed E-state index contributed by atoms with van der Waals surface area (Å²) in [4.78, 5) is 2.67. The topological polar surface area (TPSA) is 3.24 Å². The van der Waals surface area contributed by atoms with E-state index in [4.69, 9.17) is 0 Å². The maximum Gasteiger partial charge on any atom is 0.000702 e. The summed E-state index contributed by atoms with van der Waals surface area (Å²) in [6.07, 6.45) is 8.49. The molecule has 1 aliphatic heterocycles. The fraction of sp³-hybridized carbons (Fsp3) is 1.00. The third-order valence-corrected chi connectivity index (χ3v) is 3.07. The summed E-state index contributed by atoms with van der Waals surface area (Å²) in [6.45, 7) is 8.74. The van der Waals surface area contributed by atoms with E-state index < -0.39 is 0 Å². The highest BCUT2D eigenvalue weighted by atomic mass is 15.1. The molecule has 0 bridgehead atoms. The van der Waals surface area contributed by atoms with E-state index in [2.05, 4.69) is 18.7 Å². The van der Waals surface area contributed by atoms with E-state index in [0.717, 1.165) is 5.92 Å². The Morgan fingerprint density at radius 3 is 2.85 bits per heavy atom. The van der Waals surface area contributed by atoms with Crippen molar-refractivity contribution in [3.8, 4) is 0 Å². The quantitative estimate of drug-likeness (QED) is 0.604. The summed E-state index contributed by atoms with van der Waals surface area (Å²) in [5, 5.41) is 0. The average Bonchev–Trinajstić information content (AvgIpc) is 2.31. The summed E-state index contributed by atoms with van der Waals surface area (Å²) in [5.74, 6) is 0.934. The molecule has 0 N–H and O–H groups in total. The third-order valence-electron chi connectivity index (χ3n) is 3.07. The lowest BCUT2D eigenvalue weighted by Gasteiger charge is -2.21. The molecule has 0 spiro atoms. The minimum absolute atomic E-state index is 0.934. The molecular weight excluding hydrogens is 158 g/mol. The lowest BCUT2D eigenvalue weighted by molar-refractivity contribution is 0.251. The predicted octanol–water partition coefficient (Wildman–Crippen LogP) is 3.30. The second kappa shape index (κ2) is 6.42. The van der Waals surface area contributed by atoms with Gasteiger partial charge >= 0.3 is 0 Å². The van der Waals surface area contributed by atoms with Crippen LogP contribution in [0.25, 0.3) is 0 Å². The van der Waals surface area contributed by atoms with Gasteiger partial charge in [0, 0.05) is 6.54 Å². The van der Waals surface area contributed by atoms with Crippen molar-refractivity contribution in [2.24, 2.45) is 5.92 Å². The van der Waals surface area contributed by atoms with Crippen molar-refractivity contribution in [2.45, 2.75) is 52.4 Å². The van der Waals surface area contributed by atoms with Gasteiger partial charge in [-0.15, -0.1) is 0 Å². The molecule has 1 atom stereocenters. The van der Waals surface area contributed by atoms with Gasteiger partial charge in [-0.1, -0.05) is 33.1 Å². The molecule has 0 aromatic heterocycles. The smallest absolute Gasteiger partial charge is 0.000702 e. The van der Waals surface area contributed by atoms with Crippen LogP contribution in [0.4, 0.5) is 0 Å². The normalized spacial score (nSPS) is 25.8. The molecule has 0 radical (unpaired) electrons. The van der Waals surface area contributed by atoms with E-state index in [1.807, 2.05) is 0 Å². The van der Waals surface area contributed by atoms with Crippen molar-refractivity contribution >= 4 is 0 Å². The second-order valence-corrected chi connectivity index (χ2v) is 4.61. The Labute approximate surface area is 83.5 Å². The van der Waals surface area contributed by atoms with Gasteiger partial charge in [-0.05, 0) is 38.3 Å². The zero-order valence-electron chi connectivity index (χ0n) is 9.39. The van der Waals surface area contributed by atoms with Gasteiger partial charge in [0.1, 0.15) is 0 Å². The van der Waals surface area contributed by atoms with Crippen molar-refractivity contribution in [1.82, 2.24) is 4.90 Å². The largest absolute Gasteiger partial charge is 0.303 e. The Balaban J connectivity index is 2.15. The van der Waals surface area contributed by atoms with Gasteiger partial charge in [0.15, 0.2) is 0 Å². The van der Waals surface area contributed by atoms with Gasteiger partial charge in [-0.3, -0.25) is 0 Å². The zero-order valence-corrected chi connectivity index (χ0v) is 9.39. The molecular formula is C12H25N. The summed E-state index contributed by atoms with van der Waals surface area (Å²) >= 11 is 0. The van der Waals surface area contributed by atoms with Crippen LogP contribution in [0.5, 0.6) is 0 Å². The van der Waals surface area contributed by atoms with Gasteiger partial charge in [-0.2, -0.15) is 0 Å². The summed E-state index contributed by atoms with van der Waals surface area (Å²) in [6, 6.07) is 0. The number of unbranched alkanes of at least 4 members (excludes halogenated alkanes) is 2. The molecule has 0 aromatic rings. The van der Waals surface area contributed by atoms with Crippen LogP contribution in [0.3, 0.4) is 0 Å². The van der Waals surface area contributed by atoms with Gasteiger partial charge in [0.2, 0.25) is 0 Å². The molecule has 1 aliphatic rings. The standard InChI is InChI=1S/C12H25N/c1-3-4-6-9-13-10-7-5-8-12(2)11-13/h12H,3-11H2,1-2H3. The lowest BCUT2D eigenvalue weighted by Crippen LogP contribution is -2.28. The Bertz CT molecular complexity index is 122. The molecule has 1 heteroatoms. The summed E-state index contributed by atoms with van der Waals surface area (Å²) in [7, 11) is 0. The highest BCUT2D eigenvalue weighted by Gasteiger charge is 2.13. The van der Waals surface area contributed by atoms with Crippen molar-refractivity contribution < 1.29 is 0 Å². The van der Waals surface area contributed by atoms with E-state index >= 15 is 0 Å². The molecule has 1 heterocycles. The SMILES string of the molecule is CCCCCN1CCCCC(C)C1. The molecule has 0 aliphatic carbocycles. The molecule has 0 aromatic carbocycles. The van der Waals surface area contributed by atoms with Crippen molar-refractivity contribution in [1.29, 1.82) is 0 Å². The van der Waals surface area contributed by atoms with E-state index in [1.54, 1.807) is 0 Å². The molecule has 13 heavy (non-hydrogen) atoms. The highest BCUT2D eigenvalue weighted by Crippen LogP contribution is 2.15. The van der Waals surface area contributed by atoms with Crippen molar-refractivity contribution in [3.05, 3.63) is 0 Å². The molecule has 1 saturated heterocycles. The Morgan fingerprint density at radius 1 is 1.23 bits per heavy atom. The molecule has 1 unspecified atom stereocenters. The predicted molar refractivity (Wildman–Crippen MR) is 59.0 cm³/mol. The zero-order chi connectivity index (χ0) is 9.52. The number of hydrogen-bond acceptors (Lipinski definition) is 1. The Hall–Kier alpha value is -0.0400. The monoisotopic (exact) mass is 183 g/mol. The maximum atomic E-state index is 2.67. The Kier molecular flexibility index (Phi) is 5.45. The van der Waals surface area contributed by atoms with E-state index in [9.17, 15) is 0 Å². The van der Waals surface area contributed by atoms with Crippen LogP contribution in [0.15, 0.2) is 0 Å². The van der Waals surface area contributed by atoms with Gasteiger partial charge in [0.05, 0.1) is 0 Å². The molecule has 1 rings (SSSR count). The van der Waals surface area contributed by atoms with E-state index in [0.29, 0.717) is 0 Å². The van der Waals surface area contributed by atoms with Crippen LogP contribution < -0.4 is 0 Å². The van der Waals surface area contributed by atoms with Crippen LogP contribution in [-0.2, 0) is 0 Å². The van der Waals surface area contributed by atoms with Gasteiger partial charge in [-0.25, -0.2) is 0 Å². The van der Waals surface area contributed by atoms with Crippen LogP contribution >= 0.6 is 0 Å². The third kappa shape index (κ3) is 4.66. The maximum absolute atomic E-state index is 2.67.